The molecule has 0 saturated carbocycles. The second-order valence-electron chi connectivity index (χ2n) is 3.53. The van der Waals surface area contributed by atoms with Gasteiger partial charge in [0.05, 0.1) is 0 Å². The maximum Gasteiger partial charge on any atom is 0.229 e. The van der Waals surface area contributed by atoms with Crippen LogP contribution in [0.5, 0.6) is 0 Å². The Labute approximate surface area is 101 Å². The fraction of sp³-hybridized carbons (Fsp3) is 0.273. The molecule has 1 saturated heterocycles. The van der Waals surface area contributed by atoms with Crippen molar-refractivity contribution in [1.82, 2.24) is 4.98 Å². The van der Waals surface area contributed by atoms with E-state index in [2.05, 4.69) is 26.8 Å². The highest BCUT2D eigenvalue weighted by Gasteiger charge is 2.31. The second-order valence-corrected chi connectivity index (χ2v) is 4.45. The summed E-state index contributed by atoms with van der Waals surface area (Å²) in [5.41, 5.74) is 0. The van der Waals surface area contributed by atoms with Crippen molar-refractivity contribution in [3.63, 3.8) is 0 Å². The maximum absolute atomic E-state index is 13.6. The molecule has 0 radical (unpaired) electrons. The predicted octanol–water partition coefficient (Wildman–Crippen LogP) is 1.97. The molecule has 2 rings (SSSR count). The zero-order chi connectivity index (χ0) is 11.7. The van der Waals surface area contributed by atoms with Crippen molar-refractivity contribution < 1.29 is 9.18 Å². The molecule has 1 aromatic heterocycles. The van der Waals surface area contributed by atoms with Gasteiger partial charge in [-0.05, 0) is 22.0 Å². The molecule has 1 unspecified atom stereocenters. The van der Waals surface area contributed by atoms with Gasteiger partial charge in [-0.25, -0.2) is 9.37 Å². The van der Waals surface area contributed by atoms with Crippen LogP contribution in [-0.4, -0.2) is 17.4 Å². The summed E-state index contributed by atoms with van der Waals surface area (Å²) in [6.07, 6.45) is 6.96. The van der Waals surface area contributed by atoms with Gasteiger partial charge in [-0.1, -0.05) is 0 Å². The predicted molar refractivity (Wildman–Crippen MR) is 61.2 cm³/mol. The zero-order valence-corrected chi connectivity index (χ0v) is 9.87. The molecule has 82 valence electrons. The lowest BCUT2D eigenvalue weighted by Crippen LogP contribution is -2.26. The maximum atomic E-state index is 13.6. The molecule has 0 N–H and O–H groups in total. The minimum atomic E-state index is -0.527. The van der Waals surface area contributed by atoms with E-state index in [0.29, 0.717) is 11.0 Å². The summed E-state index contributed by atoms with van der Waals surface area (Å²) in [5.74, 6) is 1.68. The van der Waals surface area contributed by atoms with Crippen molar-refractivity contribution in [1.29, 1.82) is 0 Å². The third-order valence-corrected chi connectivity index (χ3v) is 2.84. The Morgan fingerprint density at radius 1 is 1.69 bits per heavy atom. The topological polar surface area (TPSA) is 33.2 Å². The largest absolute Gasteiger partial charge is 0.293 e. The SMILES string of the molecule is C#CC1CC(=O)N(c2ncc(Br)cc2F)C1. The number of carbonyl (C=O) groups is 1. The van der Waals surface area contributed by atoms with Crippen LogP contribution in [0.4, 0.5) is 10.2 Å². The first-order valence-corrected chi connectivity index (χ1v) is 5.48. The molecule has 1 amide bonds. The van der Waals surface area contributed by atoms with Crippen LogP contribution in [0, 0.1) is 24.1 Å². The molecule has 1 fully saturated rings. The van der Waals surface area contributed by atoms with E-state index in [1.807, 2.05) is 0 Å². The summed E-state index contributed by atoms with van der Waals surface area (Å²) in [4.78, 5) is 16.8. The first-order chi connectivity index (χ1) is 7.61. The minimum absolute atomic E-state index is 0.0472. The van der Waals surface area contributed by atoms with Crippen LogP contribution in [0.2, 0.25) is 0 Å². The molecule has 1 atom stereocenters. The van der Waals surface area contributed by atoms with Gasteiger partial charge >= 0.3 is 0 Å². The van der Waals surface area contributed by atoms with E-state index in [0.717, 1.165) is 0 Å². The summed E-state index contributed by atoms with van der Waals surface area (Å²) in [7, 11) is 0. The molecule has 1 aliphatic heterocycles. The highest BCUT2D eigenvalue weighted by atomic mass is 79.9. The highest BCUT2D eigenvalue weighted by molar-refractivity contribution is 9.10. The molecule has 0 spiro atoms. The van der Waals surface area contributed by atoms with Crippen molar-refractivity contribution in [3.05, 3.63) is 22.6 Å². The van der Waals surface area contributed by atoms with Crippen LogP contribution in [0.3, 0.4) is 0 Å². The fourth-order valence-electron chi connectivity index (χ4n) is 1.63. The number of terminal acetylenes is 1. The third-order valence-electron chi connectivity index (χ3n) is 2.40. The summed E-state index contributed by atoms with van der Waals surface area (Å²) >= 11 is 3.11. The Morgan fingerprint density at radius 3 is 3.00 bits per heavy atom. The van der Waals surface area contributed by atoms with E-state index in [4.69, 9.17) is 6.42 Å². The lowest BCUT2D eigenvalue weighted by molar-refractivity contribution is -0.117. The first kappa shape index (κ1) is 11.1. The Bertz CT molecular complexity index is 483. The van der Waals surface area contributed by atoms with E-state index in [-0.39, 0.29) is 24.1 Å². The lowest BCUT2D eigenvalue weighted by atomic mass is 10.1. The molecule has 0 aromatic carbocycles. The van der Waals surface area contributed by atoms with E-state index < -0.39 is 5.82 Å². The van der Waals surface area contributed by atoms with Crippen LogP contribution in [0.25, 0.3) is 0 Å². The van der Waals surface area contributed by atoms with Gasteiger partial charge in [-0.3, -0.25) is 9.69 Å². The molecule has 0 aliphatic carbocycles. The first-order valence-electron chi connectivity index (χ1n) is 4.69. The normalized spacial score (nSPS) is 19.9. The van der Waals surface area contributed by atoms with E-state index in [1.165, 1.54) is 17.2 Å². The van der Waals surface area contributed by atoms with Crippen molar-refractivity contribution in [2.24, 2.45) is 5.92 Å². The Kier molecular flexibility index (Phi) is 2.92. The minimum Gasteiger partial charge on any atom is -0.293 e. The van der Waals surface area contributed by atoms with Gasteiger partial charge in [-0.2, -0.15) is 0 Å². The fourth-order valence-corrected chi connectivity index (χ4v) is 1.93. The molecular weight excluding hydrogens is 275 g/mol. The van der Waals surface area contributed by atoms with Crippen LogP contribution in [-0.2, 0) is 4.79 Å². The average molecular weight is 283 g/mol. The smallest absolute Gasteiger partial charge is 0.229 e. The van der Waals surface area contributed by atoms with Crippen molar-refractivity contribution >= 4 is 27.7 Å². The number of halogens is 2. The molecule has 1 aromatic rings. The molecular formula is C11H8BrFN2O. The molecule has 3 nitrogen and oxygen atoms in total. The number of hydrogen-bond donors (Lipinski definition) is 0. The number of nitrogens with zero attached hydrogens (tertiary/aromatic N) is 2. The average Bonchev–Trinajstić information content (AvgIpc) is 2.60. The number of amides is 1. The van der Waals surface area contributed by atoms with Crippen LogP contribution < -0.4 is 4.90 Å². The highest BCUT2D eigenvalue weighted by Crippen LogP contribution is 2.26. The number of anilines is 1. The Morgan fingerprint density at radius 2 is 2.44 bits per heavy atom. The lowest BCUT2D eigenvalue weighted by Gasteiger charge is -2.15. The molecule has 0 bridgehead atoms. The molecule has 2 heterocycles. The quantitative estimate of drug-likeness (QED) is 0.738. The number of pyridine rings is 1. The number of hydrogen-bond acceptors (Lipinski definition) is 2. The standard InChI is InChI=1S/C11H8BrFN2O/c1-2-7-3-10(16)15(6-7)11-9(13)4-8(12)5-14-11/h1,4-5,7H,3,6H2. The summed E-state index contributed by atoms with van der Waals surface area (Å²) in [5, 5.41) is 0. The number of carbonyl (C=O) groups excluding carboxylic acids is 1. The van der Waals surface area contributed by atoms with Gasteiger partial charge in [0.2, 0.25) is 5.91 Å². The van der Waals surface area contributed by atoms with Gasteiger partial charge < -0.3 is 0 Å². The Hall–Kier alpha value is -1.41. The van der Waals surface area contributed by atoms with Crippen molar-refractivity contribution in [2.45, 2.75) is 6.42 Å². The third kappa shape index (κ3) is 1.93. The van der Waals surface area contributed by atoms with E-state index in [9.17, 15) is 9.18 Å². The van der Waals surface area contributed by atoms with Crippen molar-refractivity contribution in [2.75, 3.05) is 11.4 Å². The van der Waals surface area contributed by atoms with Gasteiger partial charge in [0.25, 0.3) is 0 Å². The van der Waals surface area contributed by atoms with Crippen molar-refractivity contribution in [3.8, 4) is 12.3 Å². The van der Waals surface area contributed by atoms with Crippen LogP contribution in [0.1, 0.15) is 6.42 Å². The van der Waals surface area contributed by atoms with E-state index >= 15 is 0 Å². The van der Waals surface area contributed by atoms with E-state index in [1.54, 1.807) is 0 Å². The second kappa shape index (κ2) is 4.22. The van der Waals surface area contributed by atoms with Crippen LogP contribution in [0.15, 0.2) is 16.7 Å². The molecule has 1 aliphatic rings. The van der Waals surface area contributed by atoms with Gasteiger partial charge in [0.1, 0.15) is 0 Å². The molecule has 16 heavy (non-hydrogen) atoms. The monoisotopic (exact) mass is 282 g/mol. The summed E-state index contributed by atoms with van der Waals surface area (Å²) in [6, 6.07) is 1.28. The van der Waals surface area contributed by atoms with Gasteiger partial charge in [0.15, 0.2) is 11.6 Å². The molecule has 5 heteroatoms. The summed E-state index contributed by atoms with van der Waals surface area (Å²) in [6.45, 7) is 0.334. The summed E-state index contributed by atoms with van der Waals surface area (Å²) < 4.78 is 14.1. The van der Waals surface area contributed by atoms with Crippen LogP contribution >= 0.6 is 15.9 Å². The Balaban J connectivity index is 2.32. The van der Waals surface area contributed by atoms with Gasteiger partial charge in [-0.15, -0.1) is 12.3 Å². The number of rotatable bonds is 1. The zero-order valence-electron chi connectivity index (χ0n) is 8.28. The van der Waals surface area contributed by atoms with Gasteiger partial charge in [0, 0.05) is 29.6 Å². The number of aromatic nitrogens is 1.